The third kappa shape index (κ3) is 8.34. The van der Waals surface area contributed by atoms with Crippen molar-refractivity contribution in [2.24, 2.45) is 18.9 Å². The summed E-state index contributed by atoms with van der Waals surface area (Å²) in [5, 5.41) is 17.4. The summed E-state index contributed by atoms with van der Waals surface area (Å²) in [4.78, 5) is 43.8. The lowest BCUT2D eigenvalue weighted by Gasteiger charge is -2.42. The molecule has 2 saturated heterocycles. The Morgan fingerprint density at radius 3 is 2.51 bits per heavy atom. The first-order chi connectivity index (χ1) is 21.4. The van der Waals surface area contributed by atoms with Crippen molar-refractivity contribution in [1.82, 2.24) is 35.3 Å². The second-order valence-corrected chi connectivity index (χ2v) is 12.9. The van der Waals surface area contributed by atoms with Crippen LogP contribution in [-0.4, -0.2) is 85.9 Å². The van der Waals surface area contributed by atoms with Gasteiger partial charge in [-0.05, 0) is 92.6 Å². The highest BCUT2D eigenvalue weighted by atomic mass is 19.1. The van der Waals surface area contributed by atoms with Gasteiger partial charge in [0.1, 0.15) is 11.4 Å². The summed E-state index contributed by atoms with van der Waals surface area (Å²) in [5.41, 5.74) is 1.63. The predicted molar refractivity (Wildman–Crippen MR) is 165 cm³/mol. The number of urea groups is 1. The molecule has 0 saturated carbocycles. The van der Waals surface area contributed by atoms with Gasteiger partial charge in [-0.2, -0.15) is 0 Å². The van der Waals surface area contributed by atoms with Gasteiger partial charge in [0.25, 0.3) is 0 Å². The maximum absolute atomic E-state index is 14.1. The minimum atomic E-state index is -0.679. The van der Waals surface area contributed by atoms with Crippen molar-refractivity contribution >= 4 is 23.7 Å². The average Bonchev–Trinajstić information content (AvgIpc) is 3.43. The molecule has 2 aliphatic heterocycles. The third-order valence-corrected chi connectivity index (χ3v) is 8.17. The summed E-state index contributed by atoms with van der Waals surface area (Å²) in [5.74, 6) is -0.251. The first-order valence-corrected chi connectivity index (χ1v) is 15.4. The Morgan fingerprint density at radius 1 is 1.02 bits per heavy atom. The van der Waals surface area contributed by atoms with Crippen LogP contribution in [0.2, 0.25) is 0 Å². The maximum Gasteiger partial charge on any atom is 0.410 e. The van der Waals surface area contributed by atoms with Crippen LogP contribution in [0.3, 0.4) is 0 Å². The lowest BCUT2D eigenvalue weighted by Crippen LogP contribution is -2.59. The van der Waals surface area contributed by atoms with E-state index < -0.39 is 29.7 Å². The fraction of sp³-hybridized carbons (Fsp3) is 0.500. The normalized spacial score (nSPS) is 20.4. The molecule has 3 aromatic rings. The minimum Gasteiger partial charge on any atom is -0.444 e. The summed E-state index contributed by atoms with van der Waals surface area (Å²) in [6.07, 6.45) is 2.46. The Morgan fingerprint density at radius 2 is 1.80 bits per heavy atom. The van der Waals surface area contributed by atoms with E-state index in [-0.39, 0.29) is 24.2 Å². The summed E-state index contributed by atoms with van der Waals surface area (Å²) in [6, 6.07) is 12.7. The standard InChI is InChI=1S/C32H41FN8O4/c1-32(2,3)45-31(44)41-16-14-27(35-30(43)34-25-9-5-8-23(18-25)28-36-37-38-39(28)4)26(20-41)29(42)40-15-6-7-22(19-40)17-21-10-12-24(33)13-11-21/h5,8-13,18,22,26-27H,6-7,14-17,19-20H2,1-4H3,(H2,34,35,43)/t22-,26+,27+/m0/s1. The van der Waals surface area contributed by atoms with Crippen molar-refractivity contribution < 1.29 is 23.5 Å². The molecule has 0 spiro atoms. The van der Waals surface area contributed by atoms with Crippen LogP contribution in [0.5, 0.6) is 0 Å². The largest absolute Gasteiger partial charge is 0.444 e. The smallest absolute Gasteiger partial charge is 0.410 e. The number of nitrogens with one attached hydrogen (secondary N) is 2. The minimum absolute atomic E-state index is 0.103. The van der Waals surface area contributed by atoms with E-state index >= 15 is 0 Å². The molecule has 2 aliphatic rings. The molecule has 2 N–H and O–H groups in total. The van der Waals surface area contributed by atoms with E-state index in [4.69, 9.17) is 4.74 Å². The van der Waals surface area contributed by atoms with Crippen molar-refractivity contribution in [3.05, 3.63) is 59.9 Å². The number of rotatable bonds is 6. The van der Waals surface area contributed by atoms with Crippen LogP contribution in [0.1, 0.15) is 45.6 Å². The van der Waals surface area contributed by atoms with Crippen LogP contribution >= 0.6 is 0 Å². The highest BCUT2D eigenvalue weighted by Gasteiger charge is 2.41. The summed E-state index contributed by atoms with van der Waals surface area (Å²) in [6.45, 7) is 7.04. The highest BCUT2D eigenvalue weighted by molar-refractivity contribution is 5.91. The molecule has 3 atom stereocenters. The zero-order chi connectivity index (χ0) is 32.1. The topological polar surface area (TPSA) is 135 Å². The fourth-order valence-corrected chi connectivity index (χ4v) is 6.03. The number of amides is 4. The zero-order valence-corrected chi connectivity index (χ0v) is 26.2. The number of ether oxygens (including phenoxy) is 1. The molecular weight excluding hydrogens is 579 g/mol. The van der Waals surface area contributed by atoms with E-state index in [0.717, 1.165) is 30.4 Å². The molecule has 0 radical (unpaired) electrons. The first kappa shape index (κ1) is 31.9. The molecule has 2 fully saturated rings. The van der Waals surface area contributed by atoms with Crippen LogP contribution < -0.4 is 10.6 Å². The van der Waals surface area contributed by atoms with Gasteiger partial charge in [0, 0.05) is 50.5 Å². The van der Waals surface area contributed by atoms with E-state index in [1.165, 1.54) is 12.1 Å². The number of benzene rings is 2. The number of likely N-dealkylation sites (tertiary alicyclic amines) is 2. The number of hydrogen-bond donors (Lipinski definition) is 2. The molecule has 240 valence electrons. The Labute approximate surface area is 262 Å². The van der Waals surface area contributed by atoms with Gasteiger partial charge in [-0.15, -0.1) is 5.10 Å². The van der Waals surface area contributed by atoms with Crippen molar-refractivity contribution in [2.75, 3.05) is 31.5 Å². The second-order valence-electron chi connectivity index (χ2n) is 12.9. The SMILES string of the molecule is Cn1nnnc1-c1cccc(NC(=O)N[C@@H]2CCN(C(=O)OC(C)(C)C)C[C@H]2C(=O)N2CCC[C@@H](Cc3ccc(F)cc3)C2)c1. The zero-order valence-electron chi connectivity index (χ0n) is 26.2. The average molecular weight is 621 g/mol. The van der Waals surface area contributed by atoms with Crippen LogP contribution in [0.4, 0.5) is 19.7 Å². The second kappa shape index (κ2) is 13.6. The van der Waals surface area contributed by atoms with E-state index in [2.05, 4.69) is 26.2 Å². The number of carbonyl (C=O) groups is 3. The number of halogens is 1. The fourth-order valence-electron chi connectivity index (χ4n) is 6.03. The summed E-state index contributed by atoms with van der Waals surface area (Å²) >= 11 is 0. The Balaban J connectivity index is 1.29. The van der Waals surface area contributed by atoms with Gasteiger partial charge in [0.2, 0.25) is 5.91 Å². The monoisotopic (exact) mass is 620 g/mol. The molecule has 13 heteroatoms. The van der Waals surface area contributed by atoms with Crippen LogP contribution in [0.15, 0.2) is 48.5 Å². The third-order valence-electron chi connectivity index (χ3n) is 8.17. The number of carbonyl (C=O) groups excluding carboxylic acids is 3. The quantitative estimate of drug-likeness (QED) is 0.421. The van der Waals surface area contributed by atoms with Gasteiger partial charge in [0.15, 0.2) is 5.82 Å². The van der Waals surface area contributed by atoms with Crippen molar-refractivity contribution in [3.8, 4) is 11.4 Å². The van der Waals surface area contributed by atoms with Gasteiger partial charge in [-0.3, -0.25) is 4.79 Å². The molecule has 12 nitrogen and oxygen atoms in total. The van der Waals surface area contributed by atoms with Crippen LogP contribution in [-0.2, 0) is 23.0 Å². The molecule has 3 heterocycles. The Kier molecular flexibility index (Phi) is 9.64. The van der Waals surface area contributed by atoms with Gasteiger partial charge in [-0.1, -0.05) is 24.3 Å². The lowest BCUT2D eigenvalue weighted by molar-refractivity contribution is -0.140. The molecular formula is C32H41FN8O4. The molecule has 0 bridgehead atoms. The molecule has 1 aromatic heterocycles. The number of piperidine rings is 2. The van der Waals surface area contributed by atoms with Crippen molar-refractivity contribution in [1.29, 1.82) is 0 Å². The van der Waals surface area contributed by atoms with Crippen molar-refractivity contribution in [2.45, 2.75) is 58.1 Å². The number of hydrogen-bond acceptors (Lipinski definition) is 7. The number of tetrazole rings is 1. The Hall–Kier alpha value is -4.55. The van der Waals surface area contributed by atoms with Gasteiger partial charge in [-0.25, -0.2) is 18.7 Å². The number of nitrogens with zero attached hydrogens (tertiary/aromatic N) is 6. The van der Waals surface area contributed by atoms with Gasteiger partial charge >= 0.3 is 12.1 Å². The van der Waals surface area contributed by atoms with Gasteiger partial charge < -0.3 is 25.2 Å². The number of anilines is 1. The summed E-state index contributed by atoms with van der Waals surface area (Å²) in [7, 11) is 1.73. The van der Waals surface area contributed by atoms with E-state index in [1.54, 1.807) is 67.7 Å². The van der Waals surface area contributed by atoms with Crippen LogP contribution in [0, 0.1) is 17.7 Å². The number of aromatic nitrogens is 4. The predicted octanol–water partition coefficient (Wildman–Crippen LogP) is 4.24. The Bertz CT molecular complexity index is 1510. The molecule has 4 amide bonds. The van der Waals surface area contributed by atoms with Crippen molar-refractivity contribution in [3.63, 3.8) is 0 Å². The molecule has 0 unspecified atom stereocenters. The van der Waals surface area contributed by atoms with E-state index in [0.29, 0.717) is 37.6 Å². The maximum atomic E-state index is 14.1. The van der Waals surface area contributed by atoms with Crippen LogP contribution in [0.25, 0.3) is 11.4 Å². The van der Waals surface area contributed by atoms with Gasteiger partial charge in [0.05, 0.1) is 5.92 Å². The molecule has 45 heavy (non-hydrogen) atoms. The molecule has 2 aromatic carbocycles. The molecule has 0 aliphatic carbocycles. The molecule has 5 rings (SSSR count). The van der Waals surface area contributed by atoms with E-state index in [1.807, 2.05) is 11.0 Å². The highest BCUT2D eigenvalue weighted by Crippen LogP contribution is 2.27. The van der Waals surface area contributed by atoms with E-state index in [9.17, 15) is 18.8 Å². The lowest BCUT2D eigenvalue weighted by atomic mass is 9.87. The number of aryl methyl sites for hydroxylation is 1. The summed E-state index contributed by atoms with van der Waals surface area (Å²) < 4.78 is 20.6. The first-order valence-electron chi connectivity index (χ1n) is 15.4.